The van der Waals surface area contributed by atoms with Crippen LogP contribution in [0, 0.1) is 6.92 Å². The lowest BCUT2D eigenvalue weighted by Crippen LogP contribution is -2.42. The fraction of sp³-hybridized carbons (Fsp3) is 0.391. The predicted molar refractivity (Wildman–Crippen MR) is 120 cm³/mol. The van der Waals surface area contributed by atoms with Crippen LogP contribution in [0.2, 0.25) is 0 Å². The molecule has 9 heteroatoms. The average Bonchev–Trinajstić information content (AvgIpc) is 2.77. The summed E-state index contributed by atoms with van der Waals surface area (Å²) >= 11 is 0. The van der Waals surface area contributed by atoms with E-state index in [0.717, 1.165) is 24.8 Å². The van der Waals surface area contributed by atoms with Crippen LogP contribution in [0.15, 0.2) is 47.4 Å². The van der Waals surface area contributed by atoms with Gasteiger partial charge in [-0.25, -0.2) is 13.2 Å². The lowest BCUT2D eigenvalue weighted by molar-refractivity contribution is -0.119. The number of nitrogens with zero attached hydrogens (tertiary/aromatic N) is 1. The van der Waals surface area contributed by atoms with Crippen molar-refractivity contribution >= 4 is 27.6 Å². The van der Waals surface area contributed by atoms with Crippen molar-refractivity contribution < 1.29 is 27.5 Å². The molecule has 3 rings (SSSR count). The maximum Gasteiger partial charge on any atom is 0.338 e. The Bertz CT molecular complexity index is 1100. The monoisotopic (exact) mass is 460 g/mol. The third-order valence-electron chi connectivity index (χ3n) is 5.36. The SMILES string of the molecule is COc1ccc(C(=O)OCC(=O)Nc2cccc(C)c2)cc1S(=O)(=O)N1CCCC[C@@H]1C. The van der Waals surface area contributed by atoms with E-state index in [2.05, 4.69) is 5.32 Å². The van der Waals surface area contributed by atoms with Gasteiger partial charge in [0.15, 0.2) is 6.61 Å². The number of piperidine rings is 1. The zero-order valence-electron chi connectivity index (χ0n) is 18.5. The Hall–Kier alpha value is -2.91. The maximum atomic E-state index is 13.3. The molecule has 2 aromatic rings. The highest BCUT2D eigenvalue weighted by molar-refractivity contribution is 7.89. The first-order valence-corrected chi connectivity index (χ1v) is 11.9. The molecule has 0 spiro atoms. The summed E-state index contributed by atoms with van der Waals surface area (Å²) in [5.41, 5.74) is 1.60. The number of anilines is 1. The van der Waals surface area contributed by atoms with E-state index in [-0.39, 0.29) is 22.3 Å². The molecule has 1 amide bonds. The van der Waals surface area contributed by atoms with Gasteiger partial charge in [0.25, 0.3) is 5.91 Å². The van der Waals surface area contributed by atoms with Crippen molar-refractivity contribution in [1.82, 2.24) is 4.31 Å². The molecule has 0 saturated carbocycles. The minimum Gasteiger partial charge on any atom is -0.495 e. The number of carbonyl (C=O) groups is 2. The van der Waals surface area contributed by atoms with Gasteiger partial charge in [-0.15, -0.1) is 0 Å². The minimum absolute atomic E-state index is 0.0254. The Balaban J connectivity index is 1.74. The summed E-state index contributed by atoms with van der Waals surface area (Å²) in [6.45, 7) is 3.69. The predicted octanol–water partition coefficient (Wildman–Crippen LogP) is 3.36. The third-order valence-corrected chi connectivity index (χ3v) is 7.40. The second-order valence-corrected chi connectivity index (χ2v) is 9.68. The van der Waals surface area contributed by atoms with Crippen molar-refractivity contribution in [3.05, 3.63) is 53.6 Å². The first-order chi connectivity index (χ1) is 15.2. The number of hydrogen-bond donors (Lipinski definition) is 1. The number of ether oxygens (including phenoxy) is 2. The van der Waals surface area contributed by atoms with Crippen molar-refractivity contribution in [2.75, 3.05) is 25.6 Å². The fourth-order valence-electron chi connectivity index (χ4n) is 3.69. The number of aryl methyl sites for hydroxylation is 1. The van der Waals surface area contributed by atoms with E-state index < -0.39 is 28.5 Å². The van der Waals surface area contributed by atoms with Crippen LogP contribution in [-0.4, -0.2) is 50.9 Å². The lowest BCUT2D eigenvalue weighted by Gasteiger charge is -2.32. The number of hydrogen-bond acceptors (Lipinski definition) is 6. The van der Waals surface area contributed by atoms with Crippen molar-refractivity contribution in [2.24, 2.45) is 0 Å². The van der Waals surface area contributed by atoms with Gasteiger partial charge in [0.05, 0.1) is 12.7 Å². The zero-order chi connectivity index (χ0) is 23.3. The first-order valence-electron chi connectivity index (χ1n) is 10.5. The van der Waals surface area contributed by atoms with Crippen LogP contribution in [0.3, 0.4) is 0 Å². The third kappa shape index (κ3) is 5.46. The molecular weight excluding hydrogens is 432 g/mol. The van der Waals surface area contributed by atoms with Crippen LogP contribution in [0.4, 0.5) is 5.69 Å². The van der Waals surface area contributed by atoms with Crippen LogP contribution in [0.25, 0.3) is 0 Å². The number of sulfonamides is 1. The van der Waals surface area contributed by atoms with Crippen LogP contribution in [0.1, 0.15) is 42.1 Å². The highest BCUT2D eigenvalue weighted by Crippen LogP contribution is 2.31. The Kier molecular flexibility index (Phi) is 7.52. The van der Waals surface area contributed by atoms with Gasteiger partial charge in [-0.2, -0.15) is 4.31 Å². The van der Waals surface area contributed by atoms with Gasteiger partial charge in [-0.05, 0) is 62.6 Å². The first kappa shape index (κ1) is 23.7. The Morgan fingerprint density at radius 3 is 2.62 bits per heavy atom. The van der Waals surface area contributed by atoms with E-state index in [1.807, 2.05) is 19.9 Å². The molecule has 2 aromatic carbocycles. The van der Waals surface area contributed by atoms with E-state index in [0.29, 0.717) is 12.2 Å². The molecule has 0 radical (unpaired) electrons. The summed E-state index contributed by atoms with van der Waals surface area (Å²) in [6, 6.07) is 11.2. The molecule has 0 aliphatic carbocycles. The number of rotatable bonds is 7. The standard InChI is InChI=1S/C23H28N2O6S/c1-16-7-6-9-19(13-16)24-22(26)15-31-23(27)18-10-11-20(30-3)21(14-18)32(28,29)25-12-5-4-8-17(25)2/h6-7,9-11,13-14,17H,4-5,8,12,15H2,1-3H3,(H,24,26)/t17-/m0/s1. The minimum atomic E-state index is -3.86. The van der Waals surface area contributed by atoms with E-state index in [9.17, 15) is 18.0 Å². The summed E-state index contributed by atoms with van der Waals surface area (Å²) < 4.78 is 38.3. The molecule has 1 saturated heterocycles. The number of benzene rings is 2. The van der Waals surface area contributed by atoms with Gasteiger partial charge in [0, 0.05) is 18.3 Å². The molecule has 1 heterocycles. The molecule has 1 atom stereocenters. The number of methoxy groups -OCH3 is 1. The summed E-state index contributed by atoms with van der Waals surface area (Å²) in [6.07, 6.45) is 2.53. The molecule has 0 bridgehead atoms. The number of amides is 1. The van der Waals surface area contributed by atoms with Gasteiger partial charge >= 0.3 is 5.97 Å². The molecule has 1 N–H and O–H groups in total. The maximum absolute atomic E-state index is 13.3. The Morgan fingerprint density at radius 1 is 1.16 bits per heavy atom. The van der Waals surface area contributed by atoms with E-state index >= 15 is 0 Å². The van der Waals surface area contributed by atoms with Gasteiger partial charge in [-0.1, -0.05) is 18.6 Å². The molecule has 1 aliphatic rings. The molecule has 1 aliphatic heterocycles. The normalized spacial score (nSPS) is 16.9. The molecule has 0 aromatic heterocycles. The van der Waals surface area contributed by atoms with Crippen LogP contribution in [0.5, 0.6) is 5.75 Å². The summed E-state index contributed by atoms with van der Waals surface area (Å²) in [4.78, 5) is 24.6. The summed E-state index contributed by atoms with van der Waals surface area (Å²) in [5, 5.41) is 2.65. The topological polar surface area (TPSA) is 102 Å². The summed E-state index contributed by atoms with van der Waals surface area (Å²) in [5.74, 6) is -1.14. The van der Waals surface area contributed by atoms with Crippen molar-refractivity contribution in [3.8, 4) is 5.75 Å². The zero-order valence-corrected chi connectivity index (χ0v) is 19.3. The number of carbonyl (C=O) groups excluding carboxylic acids is 2. The molecule has 0 unspecified atom stereocenters. The smallest absolute Gasteiger partial charge is 0.338 e. The highest BCUT2D eigenvalue weighted by atomic mass is 32.2. The summed E-state index contributed by atoms with van der Waals surface area (Å²) in [7, 11) is -2.49. The van der Waals surface area contributed by atoms with Crippen molar-refractivity contribution in [1.29, 1.82) is 0 Å². The highest BCUT2D eigenvalue weighted by Gasteiger charge is 2.33. The average molecular weight is 461 g/mol. The molecule has 8 nitrogen and oxygen atoms in total. The van der Waals surface area contributed by atoms with Gasteiger partial charge < -0.3 is 14.8 Å². The number of esters is 1. The van der Waals surface area contributed by atoms with Crippen LogP contribution < -0.4 is 10.1 Å². The molecule has 172 valence electrons. The lowest BCUT2D eigenvalue weighted by atomic mass is 10.1. The van der Waals surface area contributed by atoms with Gasteiger partial charge in [-0.3, -0.25) is 4.79 Å². The van der Waals surface area contributed by atoms with Gasteiger partial charge in [0.2, 0.25) is 10.0 Å². The van der Waals surface area contributed by atoms with E-state index in [1.165, 1.54) is 29.6 Å². The molecule has 32 heavy (non-hydrogen) atoms. The molecule has 1 fully saturated rings. The van der Waals surface area contributed by atoms with Crippen molar-refractivity contribution in [3.63, 3.8) is 0 Å². The quantitative estimate of drug-likeness (QED) is 0.636. The number of nitrogens with one attached hydrogen (secondary N) is 1. The second kappa shape index (κ2) is 10.1. The molecular formula is C23H28N2O6S. The van der Waals surface area contributed by atoms with Gasteiger partial charge in [0.1, 0.15) is 10.6 Å². The second-order valence-electron chi connectivity index (χ2n) is 7.82. The van der Waals surface area contributed by atoms with Crippen LogP contribution in [-0.2, 0) is 19.6 Å². The van der Waals surface area contributed by atoms with Crippen LogP contribution >= 0.6 is 0 Å². The Morgan fingerprint density at radius 2 is 1.94 bits per heavy atom. The Labute approximate surface area is 188 Å². The van der Waals surface area contributed by atoms with E-state index in [1.54, 1.807) is 18.2 Å². The van der Waals surface area contributed by atoms with E-state index in [4.69, 9.17) is 9.47 Å². The van der Waals surface area contributed by atoms with Crippen molar-refractivity contribution in [2.45, 2.75) is 44.0 Å². The fourth-order valence-corrected chi connectivity index (χ4v) is 5.58. The largest absolute Gasteiger partial charge is 0.495 e.